The summed E-state index contributed by atoms with van der Waals surface area (Å²) in [6.45, 7) is 0.181. The number of hydrogen-bond acceptors (Lipinski definition) is 2. The Labute approximate surface area is 35.4 Å². The summed E-state index contributed by atoms with van der Waals surface area (Å²) in [6.07, 6.45) is 3.59. The van der Waals surface area contributed by atoms with Crippen LogP contribution in [-0.2, 0) is 9.53 Å². The average molecular weight is 83.1 g/mol. The van der Waals surface area contributed by atoms with Crippen LogP contribution >= 0.6 is 0 Å². The molecule has 0 aromatic rings. The molecular weight excluding hydrogens is 80.0 g/mol. The first kappa shape index (κ1) is 3.40. The monoisotopic (exact) mass is 83.0 g/mol. The van der Waals surface area contributed by atoms with E-state index in [1.165, 1.54) is 6.08 Å². The standard InChI is InChI=1S/C4H3O2/c5-4-1-2-6-3-4/h1H,3H2. The molecule has 1 radical (unpaired) electrons. The van der Waals surface area contributed by atoms with E-state index >= 15 is 0 Å². The second-order valence-electron chi connectivity index (χ2n) is 1.02. The molecule has 0 spiro atoms. The van der Waals surface area contributed by atoms with Gasteiger partial charge in [0.1, 0.15) is 0 Å². The van der Waals surface area contributed by atoms with E-state index in [9.17, 15) is 4.79 Å². The zero-order valence-electron chi connectivity index (χ0n) is 3.10. The molecular formula is C4H3O2. The molecule has 0 aromatic carbocycles. The van der Waals surface area contributed by atoms with E-state index < -0.39 is 0 Å². The van der Waals surface area contributed by atoms with Crippen molar-refractivity contribution in [1.29, 1.82) is 0 Å². The summed E-state index contributed by atoms with van der Waals surface area (Å²) in [7, 11) is 0. The van der Waals surface area contributed by atoms with Crippen LogP contribution in [0.15, 0.2) is 6.08 Å². The Balaban J connectivity index is 2.59. The van der Waals surface area contributed by atoms with Crippen LogP contribution in [0.4, 0.5) is 0 Å². The quantitative estimate of drug-likeness (QED) is 0.409. The second kappa shape index (κ2) is 1.12. The van der Waals surface area contributed by atoms with E-state index in [0.29, 0.717) is 0 Å². The Morgan fingerprint density at radius 1 is 2.00 bits per heavy atom. The lowest BCUT2D eigenvalue weighted by Crippen LogP contribution is -1.91. The maximum atomic E-state index is 10.0. The van der Waals surface area contributed by atoms with Crippen molar-refractivity contribution in [2.45, 2.75) is 0 Å². The van der Waals surface area contributed by atoms with E-state index in [4.69, 9.17) is 0 Å². The van der Waals surface area contributed by atoms with E-state index in [-0.39, 0.29) is 12.4 Å². The van der Waals surface area contributed by atoms with Gasteiger partial charge in [0.15, 0.2) is 18.7 Å². The topological polar surface area (TPSA) is 26.3 Å². The van der Waals surface area contributed by atoms with Gasteiger partial charge in [-0.05, 0) is 0 Å². The number of hydrogen-bond donors (Lipinski definition) is 0. The van der Waals surface area contributed by atoms with Gasteiger partial charge in [-0.1, -0.05) is 0 Å². The van der Waals surface area contributed by atoms with E-state index in [0.717, 1.165) is 0 Å². The van der Waals surface area contributed by atoms with Gasteiger partial charge in [0, 0.05) is 6.08 Å². The molecule has 0 aromatic heterocycles. The zero-order valence-corrected chi connectivity index (χ0v) is 3.10. The van der Waals surface area contributed by atoms with Crippen molar-refractivity contribution in [3.8, 4) is 0 Å². The van der Waals surface area contributed by atoms with Crippen LogP contribution in [0, 0.1) is 6.26 Å². The Morgan fingerprint density at radius 3 is 3.00 bits per heavy atom. The van der Waals surface area contributed by atoms with Crippen molar-refractivity contribution in [1.82, 2.24) is 0 Å². The zero-order chi connectivity index (χ0) is 4.41. The van der Waals surface area contributed by atoms with Crippen LogP contribution in [0.1, 0.15) is 0 Å². The highest BCUT2D eigenvalue weighted by Crippen LogP contribution is 1.87. The fourth-order valence-corrected chi connectivity index (χ4v) is 0.262. The minimum absolute atomic E-state index is 0.00463. The molecule has 0 unspecified atom stereocenters. The normalized spacial score (nSPS) is 18.3. The molecule has 0 saturated carbocycles. The first-order valence-electron chi connectivity index (χ1n) is 1.63. The first-order valence-corrected chi connectivity index (χ1v) is 1.63. The lowest BCUT2D eigenvalue weighted by Gasteiger charge is -1.77. The molecule has 0 bridgehead atoms. The molecule has 0 N–H and O–H groups in total. The molecule has 0 fully saturated rings. The smallest absolute Gasteiger partial charge is 0.196 e. The molecule has 1 rings (SSSR count). The van der Waals surface area contributed by atoms with Crippen molar-refractivity contribution in [3.05, 3.63) is 12.3 Å². The summed E-state index contributed by atoms with van der Waals surface area (Å²) in [5, 5.41) is 0. The number of ether oxygens (including phenoxy) is 1. The van der Waals surface area contributed by atoms with Crippen LogP contribution in [0.2, 0.25) is 0 Å². The number of rotatable bonds is 0. The van der Waals surface area contributed by atoms with Gasteiger partial charge in [-0.15, -0.1) is 0 Å². The van der Waals surface area contributed by atoms with Crippen molar-refractivity contribution < 1.29 is 9.53 Å². The minimum Gasteiger partial charge on any atom is -0.481 e. The maximum Gasteiger partial charge on any atom is 0.196 e. The van der Waals surface area contributed by atoms with Gasteiger partial charge in [0.2, 0.25) is 0 Å². The predicted octanol–water partition coefficient (Wildman–Crippen LogP) is -0.0974. The molecule has 6 heavy (non-hydrogen) atoms. The van der Waals surface area contributed by atoms with Crippen molar-refractivity contribution in [2.24, 2.45) is 0 Å². The molecule has 1 aliphatic rings. The summed E-state index contributed by atoms with van der Waals surface area (Å²) in [5.41, 5.74) is 0. The summed E-state index contributed by atoms with van der Waals surface area (Å²) >= 11 is 0. The molecule has 31 valence electrons. The van der Waals surface area contributed by atoms with Crippen molar-refractivity contribution in [3.63, 3.8) is 0 Å². The molecule has 2 heteroatoms. The van der Waals surface area contributed by atoms with Gasteiger partial charge in [0.05, 0.1) is 0 Å². The Morgan fingerprint density at radius 2 is 2.83 bits per heavy atom. The van der Waals surface area contributed by atoms with Crippen LogP contribution < -0.4 is 0 Å². The fraction of sp³-hybridized carbons (Fsp3) is 0.250. The lowest BCUT2D eigenvalue weighted by atomic mass is 10.5. The van der Waals surface area contributed by atoms with Crippen LogP contribution in [0.3, 0.4) is 0 Å². The average Bonchev–Trinajstić information content (AvgIpc) is 1.86. The number of ketones is 1. The molecule has 1 aliphatic heterocycles. The van der Waals surface area contributed by atoms with Gasteiger partial charge in [0.25, 0.3) is 0 Å². The molecule has 2 nitrogen and oxygen atoms in total. The summed E-state index contributed by atoms with van der Waals surface area (Å²) < 4.78 is 4.40. The SMILES string of the molecule is O=C1C=[C]OC1. The lowest BCUT2D eigenvalue weighted by molar-refractivity contribution is -0.115. The predicted molar refractivity (Wildman–Crippen MR) is 18.8 cm³/mol. The summed E-state index contributed by atoms with van der Waals surface area (Å²) in [5.74, 6) is -0.00463. The van der Waals surface area contributed by atoms with E-state index in [1.807, 2.05) is 0 Å². The van der Waals surface area contributed by atoms with Crippen LogP contribution in [-0.4, -0.2) is 12.4 Å². The molecule has 1 heterocycles. The highest BCUT2D eigenvalue weighted by molar-refractivity contribution is 5.91. The van der Waals surface area contributed by atoms with E-state index in [1.54, 1.807) is 0 Å². The highest BCUT2D eigenvalue weighted by atomic mass is 16.5. The molecule has 0 amide bonds. The Kier molecular flexibility index (Phi) is 0.638. The van der Waals surface area contributed by atoms with Crippen molar-refractivity contribution in [2.75, 3.05) is 6.61 Å². The van der Waals surface area contributed by atoms with Gasteiger partial charge in [-0.25, -0.2) is 0 Å². The first-order chi connectivity index (χ1) is 2.89. The summed E-state index contributed by atoms with van der Waals surface area (Å²) in [6, 6.07) is 0. The molecule has 0 aliphatic carbocycles. The minimum atomic E-state index is -0.00463. The largest absolute Gasteiger partial charge is 0.481 e. The number of carbonyl (C=O) groups excluding carboxylic acids is 1. The third-order valence-corrected chi connectivity index (χ3v) is 0.518. The Bertz CT molecular complexity index is 93.7. The third kappa shape index (κ3) is 0.407. The molecule has 0 atom stereocenters. The van der Waals surface area contributed by atoms with Gasteiger partial charge in [-0.2, -0.15) is 0 Å². The fourth-order valence-electron chi connectivity index (χ4n) is 0.262. The highest BCUT2D eigenvalue weighted by Gasteiger charge is 2.00. The van der Waals surface area contributed by atoms with Crippen LogP contribution in [0.5, 0.6) is 0 Å². The summed E-state index contributed by atoms with van der Waals surface area (Å²) in [4.78, 5) is 10.0. The van der Waals surface area contributed by atoms with Crippen LogP contribution in [0.25, 0.3) is 0 Å². The van der Waals surface area contributed by atoms with Gasteiger partial charge < -0.3 is 4.74 Å². The van der Waals surface area contributed by atoms with Gasteiger partial charge >= 0.3 is 0 Å². The Hall–Kier alpha value is -0.790. The maximum absolute atomic E-state index is 10.0. The van der Waals surface area contributed by atoms with Gasteiger partial charge in [-0.3, -0.25) is 4.79 Å². The number of carbonyl (C=O) groups is 1. The molecule has 0 saturated heterocycles. The van der Waals surface area contributed by atoms with Crippen molar-refractivity contribution >= 4 is 5.78 Å². The van der Waals surface area contributed by atoms with E-state index in [2.05, 4.69) is 11.0 Å². The third-order valence-electron chi connectivity index (χ3n) is 0.518. The second-order valence-corrected chi connectivity index (χ2v) is 1.02.